The number of pyridine rings is 1. The van der Waals surface area contributed by atoms with Crippen molar-refractivity contribution in [1.82, 2.24) is 10.3 Å². The van der Waals surface area contributed by atoms with Crippen molar-refractivity contribution in [3.63, 3.8) is 0 Å². The molecule has 7 heteroatoms. The average Bonchev–Trinajstić information content (AvgIpc) is 2.59. The van der Waals surface area contributed by atoms with Gasteiger partial charge in [-0.2, -0.15) is 0 Å². The molecule has 0 aliphatic rings. The standard InChI is InChI=1S/C16H18FN3O3/c1-22-14-5-3-2-4-13(14)20-16(21)19-11-12-6-8-18-15(10-12)23-9-7-17/h2-6,8,10H,7,9,11H2,1H3,(H2,19,20,21). The lowest BCUT2D eigenvalue weighted by molar-refractivity contribution is 0.251. The molecule has 2 amide bonds. The minimum Gasteiger partial charge on any atom is -0.495 e. The zero-order valence-corrected chi connectivity index (χ0v) is 12.7. The van der Waals surface area contributed by atoms with Crippen molar-refractivity contribution in [2.24, 2.45) is 0 Å². The quantitative estimate of drug-likeness (QED) is 0.823. The highest BCUT2D eigenvalue weighted by Crippen LogP contribution is 2.22. The summed E-state index contributed by atoms with van der Waals surface area (Å²) in [6.45, 7) is -0.334. The highest BCUT2D eigenvalue weighted by molar-refractivity contribution is 5.90. The predicted octanol–water partition coefficient (Wildman–Crippen LogP) is 2.76. The number of urea groups is 1. The van der Waals surface area contributed by atoms with Crippen LogP contribution in [0.3, 0.4) is 0 Å². The van der Waals surface area contributed by atoms with Gasteiger partial charge in [-0.1, -0.05) is 12.1 Å². The molecule has 0 radical (unpaired) electrons. The smallest absolute Gasteiger partial charge is 0.319 e. The van der Waals surface area contributed by atoms with Gasteiger partial charge in [0, 0.05) is 18.8 Å². The van der Waals surface area contributed by atoms with Crippen LogP contribution < -0.4 is 20.1 Å². The van der Waals surface area contributed by atoms with Crippen molar-refractivity contribution in [1.29, 1.82) is 0 Å². The zero-order chi connectivity index (χ0) is 16.5. The Hall–Kier alpha value is -2.83. The van der Waals surface area contributed by atoms with E-state index in [2.05, 4.69) is 15.6 Å². The SMILES string of the molecule is COc1ccccc1NC(=O)NCc1ccnc(OCCF)c1. The van der Waals surface area contributed by atoms with Gasteiger partial charge in [-0.05, 0) is 23.8 Å². The molecule has 0 aliphatic carbocycles. The van der Waals surface area contributed by atoms with Crippen molar-refractivity contribution in [2.45, 2.75) is 6.54 Å². The van der Waals surface area contributed by atoms with Crippen molar-refractivity contribution >= 4 is 11.7 Å². The molecule has 2 aromatic rings. The summed E-state index contributed by atoms with van der Waals surface area (Å²) < 4.78 is 22.3. The van der Waals surface area contributed by atoms with E-state index in [1.807, 2.05) is 6.07 Å². The fourth-order valence-electron chi connectivity index (χ4n) is 1.88. The lowest BCUT2D eigenvalue weighted by Crippen LogP contribution is -2.28. The first-order valence-corrected chi connectivity index (χ1v) is 7.04. The molecule has 0 atom stereocenters. The van der Waals surface area contributed by atoms with Crippen molar-refractivity contribution < 1.29 is 18.7 Å². The second kappa shape index (κ2) is 8.57. The van der Waals surface area contributed by atoms with E-state index < -0.39 is 6.67 Å². The van der Waals surface area contributed by atoms with Gasteiger partial charge in [-0.3, -0.25) is 0 Å². The molecule has 6 nitrogen and oxygen atoms in total. The molecule has 0 unspecified atom stereocenters. The average molecular weight is 319 g/mol. The molecular formula is C16H18FN3O3. The number of nitrogens with zero attached hydrogens (tertiary/aromatic N) is 1. The monoisotopic (exact) mass is 319 g/mol. The van der Waals surface area contributed by atoms with E-state index >= 15 is 0 Å². The van der Waals surface area contributed by atoms with Crippen molar-refractivity contribution in [2.75, 3.05) is 25.7 Å². The summed E-state index contributed by atoms with van der Waals surface area (Å²) in [5, 5.41) is 5.43. The Labute approximate surface area is 133 Å². The highest BCUT2D eigenvalue weighted by atomic mass is 19.1. The second-order valence-corrected chi connectivity index (χ2v) is 4.55. The number of hydrogen-bond donors (Lipinski definition) is 2. The predicted molar refractivity (Wildman–Crippen MR) is 84.6 cm³/mol. The minimum atomic E-state index is -0.578. The van der Waals surface area contributed by atoms with Gasteiger partial charge in [0.15, 0.2) is 0 Å². The lowest BCUT2D eigenvalue weighted by atomic mass is 10.2. The van der Waals surface area contributed by atoms with Gasteiger partial charge in [0.2, 0.25) is 5.88 Å². The van der Waals surface area contributed by atoms with Crippen LogP contribution in [-0.4, -0.2) is 31.4 Å². The van der Waals surface area contributed by atoms with Gasteiger partial charge >= 0.3 is 6.03 Å². The van der Waals surface area contributed by atoms with Crippen LogP contribution in [0.1, 0.15) is 5.56 Å². The van der Waals surface area contributed by atoms with E-state index in [-0.39, 0.29) is 19.2 Å². The summed E-state index contributed by atoms with van der Waals surface area (Å²) in [7, 11) is 1.54. The first-order chi connectivity index (χ1) is 11.2. The third kappa shape index (κ3) is 5.14. The molecular weight excluding hydrogens is 301 g/mol. The number of nitrogens with one attached hydrogen (secondary N) is 2. The second-order valence-electron chi connectivity index (χ2n) is 4.55. The number of rotatable bonds is 7. The Morgan fingerprint density at radius 2 is 2.13 bits per heavy atom. The molecule has 23 heavy (non-hydrogen) atoms. The lowest BCUT2D eigenvalue weighted by Gasteiger charge is -2.11. The molecule has 0 fully saturated rings. The van der Waals surface area contributed by atoms with E-state index in [1.165, 1.54) is 7.11 Å². The van der Waals surface area contributed by atoms with Crippen LogP contribution in [0.4, 0.5) is 14.9 Å². The maximum Gasteiger partial charge on any atom is 0.319 e. The molecule has 2 rings (SSSR count). The normalized spacial score (nSPS) is 10.0. The van der Waals surface area contributed by atoms with Crippen LogP contribution >= 0.6 is 0 Å². The van der Waals surface area contributed by atoms with Gasteiger partial charge in [0.05, 0.1) is 12.8 Å². The number of methoxy groups -OCH3 is 1. The molecule has 1 aromatic heterocycles. The van der Waals surface area contributed by atoms with E-state index in [1.54, 1.807) is 36.5 Å². The van der Waals surface area contributed by atoms with E-state index in [0.29, 0.717) is 17.3 Å². The van der Waals surface area contributed by atoms with E-state index in [9.17, 15) is 9.18 Å². The molecule has 2 N–H and O–H groups in total. The number of alkyl halides is 1. The van der Waals surface area contributed by atoms with Crippen molar-refractivity contribution in [3.05, 3.63) is 48.2 Å². The van der Waals surface area contributed by atoms with Crippen LogP contribution in [0.15, 0.2) is 42.6 Å². The number of aromatic nitrogens is 1. The highest BCUT2D eigenvalue weighted by Gasteiger charge is 2.06. The fourth-order valence-corrected chi connectivity index (χ4v) is 1.88. The van der Waals surface area contributed by atoms with Crippen LogP contribution in [0.2, 0.25) is 0 Å². The number of carbonyl (C=O) groups excluding carboxylic acids is 1. The maximum absolute atomic E-state index is 12.1. The van der Waals surface area contributed by atoms with Crippen LogP contribution in [0, 0.1) is 0 Å². The number of hydrogen-bond acceptors (Lipinski definition) is 4. The van der Waals surface area contributed by atoms with Gasteiger partial charge < -0.3 is 20.1 Å². The van der Waals surface area contributed by atoms with Gasteiger partial charge in [-0.15, -0.1) is 0 Å². The zero-order valence-electron chi connectivity index (χ0n) is 12.7. The topological polar surface area (TPSA) is 72.5 Å². The minimum absolute atomic E-state index is 0.0435. The summed E-state index contributed by atoms with van der Waals surface area (Å²) in [5.41, 5.74) is 1.37. The Morgan fingerprint density at radius 3 is 2.91 bits per heavy atom. The van der Waals surface area contributed by atoms with Crippen molar-refractivity contribution in [3.8, 4) is 11.6 Å². The molecule has 0 saturated heterocycles. The first-order valence-electron chi connectivity index (χ1n) is 7.04. The summed E-state index contributed by atoms with van der Waals surface area (Å²) in [5.74, 6) is 0.903. The first kappa shape index (κ1) is 16.5. The number of amides is 2. The summed E-state index contributed by atoms with van der Waals surface area (Å²) >= 11 is 0. The third-order valence-corrected chi connectivity index (χ3v) is 2.93. The Morgan fingerprint density at radius 1 is 1.30 bits per heavy atom. The van der Waals surface area contributed by atoms with E-state index in [0.717, 1.165) is 5.56 Å². The Kier molecular flexibility index (Phi) is 6.17. The number of carbonyl (C=O) groups is 1. The van der Waals surface area contributed by atoms with Gasteiger partial charge in [0.25, 0.3) is 0 Å². The number of benzene rings is 1. The maximum atomic E-state index is 12.1. The number of anilines is 1. The van der Waals surface area contributed by atoms with Crippen LogP contribution in [0.5, 0.6) is 11.6 Å². The molecule has 0 bridgehead atoms. The van der Waals surface area contributed by atoms with Gasteiger partial charge in [0.1, 0.15) is 19.0 Å². The Balaban J connectivity index is 1.89. The largest absolute Gasteiger partial charge is 0.495 e. The number of ether oxygens (including phenoxy) is 2. The molecule has 0 aliphatic heterocycles. The molecule has 0 spiro atoms. The molecule has 122 valence electrons. The summed E-state index contributed by atoms with van der Waals surface area (Å²) in [4.78, 5) is 15.9. The third-order valence-electron chi connectivity index (χ3n) is 2.93. The van der Waals surface area contributed by atoms with Crippen LogP contribution in [0.25, 0.3) is 0 Å². The summed E-state index contributed by atoms with van der Waals surface area (Å²) in [6.07, 6.45) is 1.54. The Bertz CT molecular complexity index is 652. The van der Waals surface area contributed by atoms with Gasteiger partial charge in [-0.25, -0.2) is 14.2 Å². The number of para-hydroxylation sites is 2. The molecule has 0 saturated carbocycles. The molecule has 1 heterocycles. The van der Waals surface area contributed by atoms with E-state index in [4.69, 9.17) is 9.47 Å². The van der Waals surface area contributed by atoms with Crippen LogP contribution in [-0.2, 0) is 6.54 Å². The number of halogens is 1. The molecule has 1 aromatic carbocycles. The fraction of sp³-hybridized carbons (Fsp3) is 0.250. The summed E-state index contributed by atoms with van der Waals surface area (Å²) in [6, 6.07) is 10.1.